The minimum absolute atomic E-state index is 0.239. The number of hydrogen-bond acceptors (Lipinski definition) is 4. The number of pyridine rings is 1. The molecule has 1 aliphatic rings. The van der Waals surface area contributed by atoms with E-state index in [1.165, 1.54) is 11.8 Å². The Balaban J connectivity index is 2.00. The molecule has 1 amide bonds. The average molecular weight is 316 g/mol. The van der Waals surface area contributed by atoms with Crippen LogP contribution < -0.4 is 11.5 Å². The standard InChI is InChI=1S/C11H14BrN3OS/c12-8-3-4-9(15-5-8)17-6-11(14,10(13)16)7-1-2-7/h3-5,7H,1-2,6,14H2,(H2,13,16). The van der Waals surface area contributed by atoms with Crippen LogP contribution in [0.2, 0.25) is 0 Å². The number of halogens is 1. The van der Waals surface area contributed by atoms with Gasteiger partial charge >= 0.3 is 0 Å². The number of rotatable bonds is 5. The van der Waals surface area contributed by atoms with Gasteiger partial charge in [0.15, 0.2) is 0 Å². The number of primary amides is 1. The van der Waals surface area contributed by atoms with Crippen LogP contribution in [0, 0.1) is 5.92 Å². The monoisotopic (exact) mass is 315 g/mol. The highest BCUT2D eigenvalue weighted by atomic mass is 79.9. The zero-order valence-electron chi connectivity index (χ0n) is 9.23. The minimum atomic E-state index is -0.889. The summed E-state index contributed by atoms with van der Waals surface area (Å²) in [5.41, 5.74) is 10.6. The van der Waals surface area contributed by atoms with E-state index < -0.39 is 11.4 Å². The predicted octanol–water partition coefficient (Wildman–Crippen LogP) is 1.53. The number of carbonyl (C=O) groups is 1. The molecule has 2 rings (SSSR count). The second-order valence-electron chi connectivity index (χ2n) is 4.28. The SMILES string of the molecule is NC(=O)C(N)(CSc1ccc(Br)cn1)C1CC1. The molecule has 0 radical (unpaired) electrons. The van der Waals surface area contributed by atoms with E-state index in [0.717, 1.165) is 22.3 Å². The van der Waals surface area contributed by atoms with Gasteiger partial charge in [-0.05, 0) is 46.8 Å². The highest BCUT2D eigenvalue weighted by Gasteiger charge is 2.46. The summed E-state index contributed by atoms with van der Waals surface area (Å²) < 4.78 is 0.929. The van der Waals surface area contributed by atoms with Crippen molar-refractivity contribution < 1.29 is 4.79 Å². The van der Waals surface area contributed by atoms with Crippen LogP contribution in [0.3, 0.4) is 0 Å². The second kappa shape index (κ2) is 4.96. The molecule has 0 aliphatic heterocycles. The molecule has 0 bridgehead atoms. The van der Waals surface area contributed by atoms with Crippen LogP contribution >= 0.6 is 27.7 Å². The summed E-state index contributed by atoms with van der Waals surface area (Å²) in [6, 6.07) is 3.80. The van der Waals surface area contributed by atoms with Crippen LogP contribution in [-0.4, -0.2) is 22.2 Å². The van der Waals surface area contributed by atoms with Crippen molar-refractivity contribution in [1.29, 1.82) is 0 Å². The summed E-state index contributed by atoms with van der Waals surface area (Å²) in [5.74, 6) is 0.314. The van der Waals surface area contributed by atoms with E-state index in [-0.39, 0.29) is 5.92 Å². The van der Waals surface area contributed by atoms with Gasteiger partial charge in [0.2, 0.25) is 5.91 Å². The first-order valence-electron chi connectivity index (χ1n) is 5.35. The van der Waals surface area contributed by atoms with Gasteiger partial charge in [0.1, 0.15) is 5.54 Å². The van der Waals surface area contributed by atoms with Gasteiger partial charge in [0.05, 0.1) is 5.03 Å². The summed E-state index contributed by atoms with van der Waals surface area (Å²) in [6.07, 6.45) is 3.71. The van der Waals surface area contributed by atoms with Crippen molar-refractivity contribution in [2.24, 2.45) is 17.4 Å². The molecule has 92 valence electrons. The molecule has 4 nitrogen and oxygen atoms in total. The summed E-state index contributed by atoms with van der Waals surface area (Å²) >= 11 is 4.80. The van der Waals surface area contributed by atoms with E-state index in [4.69, 9.17) is 11.5 Å². The maximum absolute atomic E-state index is 11.4. The number of thioether (sulfide) groups is 1. The Labute approximate surface area is 113 Å². The van der Waals surface area contributed by atoms with E-state index in [0.29, 0.717) is 5.75 Å². The van der Waals surface area contributed by atoms with E-state index >= 15 is 0 Å². The van der Waals surface area contributed by atoms with Gasteiger partial charge in [-0.15, -0.1) is 11.8 Å². The lowest BCUT2D eigenvalue weighted by molar-refractivity contribution is -0.123. The second-order valence-corrected chi connectivity index (χ2v) is 6.19. The number of aromatic nitrogens is 1. The van der Waals surface area contributed by atoms with Crippen molar-refractivity contribution in [3.05, 3.63) is 22.8 Å². The molecule has 1 atom stereocenters. The Hall–Kier alpha value is -0.590. The van der Waals surface area contributed by atoms with Gasteiger partial charge in [0, 0.05) is 16.4 Å². The van der Waals surface area contributed by atoms with E-state index in [9.17, 15) is 4.79 Å². The molecule has 1 aromatic rings. The highest BCUT2D eigenvalue weighted by molar-refractivity contribution is 9.10. The first-order chi connectivity index (χ1) is 8.02. The van der Waals surface area contributed by atoms with Crippen LogP contribution in [-0.2, 0) is 4.79 Å². The number of nitrogens with zero attached hydrogens (tertiary/aromatic N) is 1. The maximum atomic E-state index is 11.4. The molecule has 0 saturated heterocycles. The van der Waals surface area contributed by atoms with Crippen LogP contribution in [0.1, 0.15) is 12.8 Å². The van der Waals surface area contributed by atoms with Crippen LogP contribution in [0.5, 0.6) is 0 Å². The molecular formula is C11H14BrN3OS. The number of hydrogen-bond donors (Lipinski definition) is 2. The molecule has 1 unspecified atom stereocenters. The molecule has 6 heteroatoms. The van der Waals surface area contributed by atoms with Crippen LogP contribution in [0.25, 0.3) is 0 Å². The van der Waals surface area contributed by atoms with Crippen molar-refractivity contribution >= 4 is 33.6 Å². The first kappa shape index (κ1) is 12.9. The molecule has 1 saturated carbocycles. The van der Waals surface area contributed by atoms with Gasteiger partial charge in [-0.3, -0.25) is 4.79 Å². The van der Waals surface area contributed by atoms with Crippen LogP contribution in [0.15, 0.2) is 27.8 Å². The summed E-state index contributed by atoms with van der Waals surface area (Å²) in [4.78, 5) is 15.7. The topological polar surface area (TPSA) is 82.0 Å². The van der Waals surface area contributed by atoms with Crippen LogP contribution in [0.4, 0.5) is 0 Å². The Morgan fingerprint density at radius 1 is 1.59 bits per heavy atom. The summed E-state index contributed by atoms with van der Waals surface area (Å²) in [7, 11) is 0. The third kappa shape index (κ3) is 3.00. The quantitative estimate of drug-likeness (QED) is 0.807. The van der Waals surface area contributed by atoms with Crippen molar-refractivity contribution in [2.75, 3.05) is 5.75 Å². The van der Waals surface area contributed by atoms with E-state index in [2.05, 4.69) is 20.9 Å². The van der Waals surface area contributed by atoms with E-state index in [1.54, 1.807) is 6.20 Å². The fraction of sp³-hybridized carbons (Fsp3) is 0.455. The Morgan fingerprint density at radius 2 is 2.29 bits per heavy atom. The minimum Gasteiger partial charge on any atom is -0.368 e. The summed E-state index contributed by atoms with van der Waals surface area (Å²) in [5, 5.41) is 0.852. The molecule has 1 aliphatic carbocycles. The molecule has 1 fully saturated rings. The summed E-state index contributed by atoms with van der Waals surface area (Å²) in [6.45, 7) is 0. The molecular weight excluding hydrogens is 302 g/mol. The van der Waals surface area contributed by atoms with Crippen molar-refractivity contribution in [3.63, 3.8) is 0 Å². The Morgan fingerprint density at radius 3 is 2.76 bits per heavy atom. The van der Waals surface area contributed by atoms with Gasteiger partial charge in [-0.25, -0.2) is 4.98 Å². The Bertz CT molecular complexity index is 421. The van der Waals surface area contributed by atoms with Crippen molar-refractivity contribution in [3.8, 4) is 0 Å². The molecule has 4 N–H and O–H groups in total. The average Bonchev–Trinajstić information content (AvgIpc) is 3.11. The number of amides is 1. The zero-order valence-corrected chi connectivity index (χ0v) is 11.6. The lowest BCUT2D eigenvalue weighted by atomic mass is 9.96. The smallest absolute Gasteiger partial charge is 0.238 e. The molecule has 0 aromatic carbocycles. The van der Waals surface area contributed by atoms with Crippen molar-refractivity contribution in [2.45, 2.75) is 23.4 Å². The maximum Gasteiger partial charge on any atom is 0.238 e. The fourth-order valence-electron chi connectivity index (χ4n) is 1.63. The number of nitrogens with two attached hydrogens (primary N) is 2. The van der Waals surface area contributed by atoms with Gasteiger partial charge in [0.25, 0.3) is 0 Å². The largest absolute Gasteiger partial charge is 0.368 e. The fourth-order valence-corrected chi connectivity index (χ4v) is 2.92. The predicted molar refractivity (Wildman–Crippen MR) is 71.5 cm³/mol. The third-order valence-corrected chi connectivity index (χ3v) is 4.55. The lowest BCUT2D eigenvalue weighted by Crippen LogP contribution is -2.56. The van der Waals surface area contributed by atoms with Gasteiger partial charge in [-0.2, -0.15) is 0 Å². The highest BCUT2D eigenvalue weighted by Crippen LogP contribution is 2.40. The normalized spacial score (nSPS) is 18.7. The van der Waals surface area contributed by atoms with Gasteiger partial charge in [-0.1, -0.05) is 0 Å². The Kier molecular flexibility index (Phi) is 3.75. The molecule has 1 aromatic heterocycles. The number of carbonyl (C=O) groups excluding carboxylic acids is 1. The zero-order chi connectivity index (χ0) is 12.5. The van der Waals surface area contributed by atoms with Crippen molar-refractivity contribution in [1.82, 2.24) is 4.98 Å². The molecule has 17 heavy (non-hydrogen) atoms. The first-order valence-corrected chi connectivity index (χ1v) is 7.13. The molecule has 1 heterocycles. The third-order valence-electron chi connectivity index (χ3n) is 2.92. The van der Waals surface area contributed by atoms with Gasteiger partial charge < -0.3 is 11.5 Å². The molecule has 0 spiro atoms. The van der Waals surface area contributed by atoms with E-state index in [1.807, 2.05) is 12.1 Å². The lowest BCUT2D eigenvalue weighted by Gasteiger charge is -2.24.